The van der Waals surface area contributed by atoms with Gasteiger partial charge in [-0.1, -0.05) is 43.2 Å². The van der Waals surface area contributed by atoms with E-state index in [0.717, 1.165) is 67.7 Å². The van der Waals surface area contributed by atoms with Crippen molar-refractivity contribution in [3.05, 3.63) is 54.8 Å². The van der Waals surface area contributed by atoms with Crippen LogP contribution in [0.15, 0.2) is 49.2 Å². The minimum Gasteiger partial charge on any atom is -0.472 e. The van der Waals surface area contributed by atoms with Crippen LogP contribution < -0.4 is 14.8 Å². The van der Waals surface area contributed by atoms with E-state index >= 15 is 0 Å². The van der Waals surface area contributed by atoms with Crippen molar-refractivity contribution < 1.29 is 37.1 Å². The number of benzene rings is 1. The predicted octanol–water partition coefficient (Wildman–Crippen LogP) is 4.58. The zero-order valence-electron chi connectivity index (χ0n) is 29.9. The van der Waals surface area contributed by atoms with Crippen LogP contribution in [0.3, 0.4) is 0 Å². The molecule has 2 aromatic rings. The minimum absolute atomic E-state index is 0.0388. The number of hydrogen-bond donors (Lipinski definition) is 2. The standard InChI is InChI=1S/C40H48N4O8S/c1-2-28-22-40(28,39(48)43-53(49,50)30-15-16-30)42-36(46)33-20-29-23-44(33)38(47)32(25-8-3-4-9-25)21-35(45)52-34-12-6-11-27(34)10-5-7-24-13-14-26-17-18-41-37(51-29)31(26)19-24/h2,5,7,13-14,17-19,25,27-30,32-34H,1,3-4,6,8-12,15-16,20-23H2,(H,42,46)(H,43,48)/b7-5+/t27-,28-,29+,32-,33-,34-,40+/m0/s1. The van der Waals surface area contributed by atoms with Crippen molar-refractivity contribution in [2.45, 2.75) is 113 Å². The van der Waals surface area contributed by atoms with Crippen molar-refractivity contribution >= 4 is 50.6 Å². The first-order chi connectivity index (χ1) is 25.5. The van der Waals surface area contributed by atoms with E-state index in [1.54, 1.807) is 6.20 Å². The van der Waals surface area contributed by atoms with E-state index in [0.29, 0.717) is 18.7 Å². The topological polar surface area (TPSA) is 161 Å². The lowest BCUT2D eigenvalue weighted by molar-refractivity contribution is -0.156. The number of amides is 3. The molecule has 2 aliphatic heterocycles. The van der Waals surface area contributed by atoms with E-state index < -0.39 is 62.6 Å². The number of carbonyl (C=O) groups excluding carboxylic acids is 4. The quantitative estimate of drug-likeness (QED) is 0.306. The number of sulfonamides is 1. The molecular formula is C40H48N4O8S. The zero-order chi connectivity index (χ0) is 36.9. The van der Waals surface area contributed by atoms with Crippen molar-refractivity contribution in [1.29, 1.82) is 0 Å². The smallest absolute Gasteiger partial charge is 0.306 e. The van der Waals surface area contributed by atoms with Gasteiger partial charge >= 0.3 is 5.97 Å². The third-order valence-electron chi connectivity index (χ3n) is 12.4. The lowest BCUT2D eigenvalue weighted by atomic mass is 9.86. The number of fused-ring (bicyclic) bond motifs is 4. The summed E-state index contributed by atoms with van der Waals surface area (Å²) < 4.78 is 40.3. The molecule has 7 atom stereocenters. The Labute approximate surface area is 310 Å². The maximum atomic E-state index is 14.8. The lowest BCUT2D eigenvalue weighted by Gasteiger charge is -2.31. The van der Waals surface area contributed by atoms with Gasteiger partial charge in [0, 0.05) is 23.9 Å². The molecule has 6 aliphatic rings. The maximum Gasteiger partial charge on any atom is 0.306 e. The highest BCUT2D eigenvalue weighted by atomic mass is 32.2. The van der Waals surface area contributed by atoms with Gasteiger partial charge in [0.15, 0.2) is 0 Å². The molecule has 8 rings (SSSR count). The molecule has 0 unspecified atom stereocenters. The number of esters is 1. The second kappa shape index (κ2) is 14.2. The van der Waals surface area contributed by atoms with Crippen LogP contribution in [0.2, 0.25) is 0 Å². The second-order valence-corrected chi connectivity index (χ2v) is 17.9. The molecule has 0 spiro atoms. The SMILES string of the molecule is C=C[C@H]1C[C@]1(NC(=O)[C@@H]1C[C@@H]2CN1C(=O)[C@H](C1CCCC1)CC(=O)O[C@H]1CCC[C@@H]1C/C=C/c1ccc3ccnc(c3c1)O2)C(=O)NS(=O)(=O)C1CC1. The Balaban J connectivity index is 1.13. The summed E-state index contributed by atoms with van der Waals surface area (Å²) in [6, 6.07) is 6.92. The van der Waals surface area contributed by atoms with Gasteiger partial charge in [-0.05, 0) is 92.7 Å². The van der Waals surface area contributed by atoms with E-state index in [4.69, 9.17) is 9.47 Å². The van der Waals surface area contributed by atoms with Crippen LogP contribution in [-0.2, 0) is 33.9 Å². The van der Waals surface area contributed by atoms with E-state index in [1.165, 1.54) is 11.0 Å². The predicted molar refractivity (Wildman–Crippen MR) is 196 cm³/mol. The molecule has 0 radical (unpaired) electrons. The number of hydrogen-bond acceptors (Lipinski definition) is 9. The molecule has 4 bridgehead atoms. The number of aromatic nitrogens is 1. The fourth-order valence-corrected chi connectivity index (χ4v) is 10.5. The van der Waals surface area contributed by atoms with Crippen LogP contribution in [0.25, 0.3) is 16.8 Å². The van der Waals surface area contributed by atoms with Gasteiger partial charge in [-0.25, -0.2) is 13.4 Å². The Hall–Kier alpha value is -4.26. The summed E-state index contributed by atoms with van der Waals surface area (Å²) in [5, 5.41) is 3.98. The third-order valence-corrected chi connectivity index (χ3v) is 14.2. The number of carbonyl (C=O) groups is 4. The number of pyridine rings is 1. The van der Waals surface area contributed by atoms with Gasteiger partial charge in [-0.15, -0.1) is 6.58 Å². The molecule has 3 amide bonds. The molecule has 13 heteroatoms. The molecule has 1 aromatic heterocycles. The number of nitrogens with zero attached hydrogens (tertiary/aromatic N) is 2. The minimum atomic E-state index is -3.87. The average Bonchev–Trinajstić information content (AvgIpc) is 3.93. The van der Waals surface area contributed by atoms with Gasteiger partial charge in [-0.3, -0.25) is 23.9 Å². The first-order valence-corrected chi connectivity index (χ1v) is 20.8. The highest BCUT2D eigenvalue weighted by molar-refractivity contribution is 7.91. The third kappa shape index (κ3) is 7.20. The first kappa shape index (κ1) is 35.8. The Bertz CT molecular complexity index is 1960. The number of rotatable bonds is 7. The number of ether oxygens (including phenoxy) is 2. The van der Waals surface area contributed by atoms with Crippen LogP contribution >= 0.6 is 0 Å². The summed E-state index contributed by atoms with van der Waals surface area (Å²) in [7, 11) is -3.87. The summed E-state index contributed by atoms with van der Waals surface area (Å²) in [4.78, 5) is 62.5. The molecule has 282 valence electrons. The monoisotopic (exact) mass is 744 g/mol. The van der Waals surface area contributed by atoms with Crippen molar-refractivity contribution in [2.75, 3.05) is 6.54 Å². The van der Waals surface area contributed by atoms with Crippen LogP contribution in [0, 0.1) is 23.7 Å². The van der Waals surface area contributed by atoms with Crippen LogP contribution in [0.4, 0.5) is 0 Å². The number of nitrogens with one attached hydrogen (secondary N) is 2. The van der Waals surface area contributed by atoms with Gasteiger partial charge in [0.2, 0.25) is 27.7 Å². The van der Waals surface area contributed by atoms with Crippen molar-refractivity contribution in [3.63, 3.8) is 0 Å². The summed E-state index contributed by atoms with van der Waals surface area (Å²) in [6.07, 6.45) is 14.7. The Morgan fingerprint density at radius 2 is 1.79 bits per heavy atom. The molecule has 53 heavy (non-hydrogen) atoms. The van der Waals surface area contributed by atoms with Crippen molar-refractivity contribution in [1.82, 2.24) is 19.9 Å². The van der Waals surface area contributed by atoms with Crippen LogP contribution in [0.5, 0.6) is 5.88 Å². The summed E-state index contributed by atoms with van der Waals surface area (Å²) >= 11 is 0. The Morgan fingerprint density at radius 3 is 2.55 bits per heavy atom. The molecule has 3 heterocycles. The van der Waals surface area contributed by atoms with E-state index in [-0.39, 0.29) is 49.7 Å². The van der Waals surface area contributed by atoms with Crippen molar-refractivity contribution in [2.24, 2.45) is 23.7 Å². The molecule has 1 saturated heterocycles. The van der Waals surface area contributed by atoms with Gasteiger partial charge in [-0.2, -0.15) is 0 Å². The summed E-state index contributed by atoms with van der Waals surface area (Å²) in [6.45, 7) is 3.88. The van der Waals surface area contributed by atoms with E-state index in [1.807, 2.05) is 24.3 Å². The maximum absolute atomic E-state index is 14.8. The van der Waals surface area contributed by atoms with E-state index in [2.05, 4.69) is 33.8 Å². The molecule has 4 saturated carbocycles. The second-order valence-electron chi connectivity index (χ2n) is 16.0. The Kier molecular flexibility index (Phi) is 9.57. The van der Waals surface area contributed by atoms with Crippen molar-refractivity contribution in [3.8, 4) is 5.88 Å². The van der Waals surface area contributed by atoms with Gasteiger partial charge < -0.3 is 19.7 Å². The lowest BCUT2D eigenvalue weighted by Crippen LogP contribution is -2.57. The Morgan fingerprint density at radius 1 is 1.00 bits per heavy atom. The zero-order valence-corrected chi connectivity index (χ0v) is 30.7. The summed E-state index contributed by atoms with van der Waals surface area (Å²) in [5.41, 5.74) is -0.537. The summed E-state index contributed by atoms with van der Waals surface area (Å²) in [5.74, 6) is -2.72. The highest BCUT2D eigenvalue weighted by Gasteiger charge is 2.62. The first-order valence-electron chi connectivity index (χ1n) is 19.3. The molecule has 5 fully saturated rings. The van der Waals surface area contributed by atoms with Crippen LogP contribution in [0.1, 0.15) is 89.0 Å². The average molecular weight is 745 g/mol. The highest BCUT2D eigenvalue weighted by Crippen LogP contribution is 2.46. The molecule has 12 nitrogen and oxygen atoms in total. The van der Waals surface area contributed by atoms with Crippen LogP contribution in [-0.4, -0.2) is 77.6 Å². The molecule has 1 aromatic carbocycles. The fraction of sp³-hybridized carbons (Fsp3) is 0.575. The molecule has 2 N–H and O–H groups in total. The molecule has 4 aliphatic carbocycles. The number of allylic oxidation sites excluding steroid dienone is 1. The largest absolute Gasteiger partial charge is 0.472 e. The van der Waals surface area contributed by atoms with Gasteiger partial charge in [0.1, 0.15) is 23.8 Å². The fourth-order valence-electron chi connectivity index (χ4n) is 9.14. The van der Waals surface area contributed by atoms with Gasteiger partial charge in [0.25, 0.3) is 5.91 Å². The molecular weight excluding hydrogens is 697 g/mol. The van der Waals surface area contributed by atoms with Gasteiger partial charge in [0.05, 0.1) is 24.1 Å². The van der Waals surface area contributed by atoms with E-state index in [9.17, 15) is 27.6 Å². The normalized spacial score (nSPS) is 32.6.